The van der Waals surface area contributed by atoms with Gasteiger partial charge in [0.15, 0.2) is 0 Å². The molecule has 3 rings (SSSR count). The molecule has 2 aliphatic carbocycles. The first-order valence-corrected chi connectivity index (χ1v) is 6.58. The van der Waals surface area contributed by atoms with Gasteiger partial charge in [0, 0.05) is 11.3 Å². The molecule has 2 aliphatic rings. The number of aliphatic hydroxyl groups excluding tert-OH is 2. The van der Waals surface area contributed by atoms with Gasteiger partial charge in [0.1, 0.15) is 12.2 Å². The van der Waals surface area contributed by atoms with Crippen LogP contribution in [0.2, 0.25) is 0 Å². The minimum atomic E-state index is -0.637. The fourth-order valence-electron chi connectivity index (χ4n) is 3.45. The Kier molecular flexibility index (Phi) is 2.68. The van der Waals surface area contributed by atoms with Crippen LogP contribution in [0.15, 0.2) is 29.3 Å². The molecule has 1 aromatic carbocycles. The minimum absolute atomic E-state index is 0.341. The maximum atomic E-state index is 10.5. The number of aliphatic hydroxyl groups is 2. The molecule has 0 saturated heterocycles. The molecule has 18 heavy (non-hydrogen) atoms. The molecule has 0 aromatic heterocycles. The summed E-state index contributed by atoms with van der Waals surface area (Å²) in [4.78, 5) is 0. The summed E-state index contributed by atoms with van der Waals surface area (Å²) in [5.74, 6) is 0.341. The highest BCUT2D eigenvalue weighted by atomic mass is 16.3. The predicted molar refractivity (Wildman–Crippen MR) is 70.8 cm³/mol. The summed E-state index contributed by atoms with van der Waals surface area (Å²) in [7, 11) is 0. The molecule has 1 aromatic rings. The van der Waals surface area contributed by atoms with Crippen molar-refractivity contribution in [3.8, 4) is 0 Å². The van der Waals surface area contributed by atoms with Crippen LogP contribution in [0.5, 0.6) is 0 Å². The molecule has 96 valence electrons. The predicted octanol–water partition coefficient (Wildman–Crippen LogP) is 2.47. The van der Waals surface area contributed by atoms with E-state index in [9.17, 15) is 10.2 Å². The molecule has 0 fully saturated rings. The SMILES string of the molecule is CC1CCCC2=C1C(O)c1cccc(N)c1C2O. The van der Waals surface area contributed by atoms with E-state index in [1.54, 1.807) is 6.07 Å². The van der Waals surface area contributed by atoms with Crippen molar-refractivity contribution < 1.29 is 10.2 Å². The summed E-state index contributed by atoms with van der Waals surface area (Å²) >= 11 is 0. The molecular formula is C15H19NO2. The molecule has 0 spiro atoms. The standard InChI is InChI=1S/C15H19NO2/c1-8-4-2-5-9-12(8)14(17)10-6-3-7-11(16)13(10)15(9)18/h3,6-8,14-15,17-18H,2,4-5,16H2,1H3. The van der Waals surface area contributed by atoms with Crippen LogP contribution in [0.4, 0.5) is 5.69 Å². The summed E-state index contributed by atoms with van der Waals surface area (Å²) in [5.41, 5.74) is 10.0. The second kappa shape index (κ2) is 4.11. The van der Waals surface area contributed by atoms with E-state index in [0.29, 0.717) is 17.2 Å². The Bertz CT molecular complexity index is 521. The monoisotopic (exact) mass is 245 g/mol. The van der Waals surface area contributed by atoms with Crippen LogP contribution in [0.3, 0.4) is 0 Å². The Morgan fingerprint density at radius 2 is 2.00 bits per heavy atom. The molecule has 3 atom stereocenters. The molecule has 0 bridgehead atoms. The van der Waals surface area contributed by atoms with E-state index in [4.69, 9.17) is 5.73 Å². The Morgan fingerprint density at radius 3 is 2.78 bits per heavy atom. The second-order valence-corrected chi connectivity index (χ2v) is 5.43. The van der Waals surface area contributed by atoms with Crippen molar-refractivity contribution in [2.45, 2.75) is 38.4 Å². The smallest absolute Gasteiger partial charge is 0.103 e. The zero-order chi connectivity index (χ0) is 12.9. The molecule has 0 heterocycles. The molecule has 3 nitrogen and oxygen atoms in total. The van der Waals surface area contributed by atoms with E-state index >= 15 is 0 Å². The van der Waals surface area contributed by atoms with E-state index in [2.05, 4.69) is 6.92 Å². The highest BCUT2D eigenvalue weighted by Crippen LogP contribution is 2.49. The Morgan fingerprint density at radius 1 is 1.22 bits per heavy atom. The maximum absolute atomic E-state index is 10.5. The maximum Gasteiger partial charge on any atom is 0.103 e. The van der Waals surface area contributed by atoms with Crippen LogP contribution in [-0.4, -0.2) is 10.2 Å². The van der Waals surface area contributed by atoms with E-state index in [0.717, 1.165) is 36.0 Å². The third kappa shape index (κ3) is 1.51. The van der Waals surface area contributed by atoms with Gasteiger partial charge in [0.05, 0.1) is 0 Å². The van der Waals surface area contributed by atoms with Crippen molar-refractivity contribution in [1.29, 1.82) is 0 Å². The molecule has 0 saturated carbocycles. The van der Waals surface area contributed by atoms with Crippen molar-refractivity contribution >= 4 is 5.69 Å². The van der Waals surface area contributed by atoms with Gasteiger partial charge in [0.2, 0.25) is 0 Å². The topological polar surface area (TPSA) is 66.5 Å². The first-order valence-electron chi connectivity index (χ1n) is 6.58. The van der Waals surface area contributed by atoms with Gasteiger partial charge in [0.25, 0.3) is 0 Å². The number of hydrogen-bond acceptors (Lipinski definition) is 3. The lowest BCUT2D eigenvalue weighted by molar-refractivity contribution is 0.148. The third-order valence-electron chi connectivity index (χ3n) is 4.35. The molecule has 3 unspecified atom stereocenters. The van der Waals surface area contributed by atoms with Gasteiger partial charge in [-0.2, -0.15) is 0 Å². The number of benzene rings is 1. The van der Waals surface area contributed by atoms with Crippen molar-refractivity contribution in [3.05, 3.63) is 40.5 Å². The number of nitrogens with two attached hydrogens (primary N) is 1. The van der Waals surface area contributed by atoms with Gasteiger partial charge in [-0.3, -0.25) is 0 Å². The van der Waals surface area contributed by atoms with Crippen LogP contribution in [-0.2, 0) is 0 Å². The molecule has 0 amide bonds. The highest BCUT2D eigenvalue weighted by Gasteiger charge is 2.37. The largest absolute Gasteiger partial charge is 0.398 e. The van der Waals surface area contributed by atoms with E-state index in [1.165, 1.54) is 0 Å². The first kappa shape index (κ1) is 11.8. The lowest BCUT2D eigenvalue weighted by Gasteiger charge is -2.38. The van der Waals surface area contributed by atoms with Crippen molar-refractivity contribution in [3.63, 3.8) is 0 Å². The fraction of sp³-hybridized carbons (Fsp3) is 0.467. The molecule has 0 aliphatic heterocycles. The number of nitrogen functional groups attached to an aromatic ring is 1. The van der Waals surface area contributed by atoms with E-state index in [1.807, 2.05) is 12.1 Å². The number of fused-ring (bicyclic) bond motifs is 1. The first-order chi connectivity index (χ1) is 8.61. The summed E-state index contributed by atoms with van der Waals surface area (Å²) in [5, 5.41) is 21.1. The molecule has 0 radical (unpaired) electrons. The fourth-order valence-corrected chi connectivity index (χ4v) is 3.45. The van der Waals surface area contributed by atoms with Gasteiger partial charge in [-0.25, -0.2) is 0 Å². The minimum Gasteiger partial charge on any atom is -0.398 e. The second-order valence-electron chi connectivity index (χ2n) is 5.43. The molecular weight excluding hydrogens is 226 g/mol. The summed E-state index contributed by atoms with van der Waals surface area (Å²) in [6.45, 7) is 2.13. The number of hydrogen-bond donors (Lipinski definition) is 3. The normalized spacial score (nSPS) is 30.9. The Labute approximate surface area is 107 Å². The molecule has 3 heteroatoms. The third-order valence-corrected chi connectivity index (χ3v) is 4.35. The average Bonchev–Trinajstić information content (AvgIpc) is 2.35. The van der Waals surface area contributed by atoms with Crippen LogP contribution >= 0.6 is 0 Å². The van der Waals surface area contributed by atoms with E-state index in [-0.39, 0.29) is 0 Å². The Balaban J connectivity index is 2.20. The Hall–Kier alpha value is -1.32. The van der Waals surface area contributed by atoms with Gasteiger partial charge >= 0.3 is 0 Å². The number of rotatable bonds is 0. The van der Waals surface area contributed by atoms with Gasteiger partial charge in [-0.05, 0) is 48.0 Å². The summed E-state index contributed by atoms with van der Waals surface area (Å²) in [6, 6.07) is 5.49. The summed E-state index contributed by atoms with van der Waals surface area (Å²) in [6.07, 6.45) is 1.79. The lowest BCUT2D eigenvalue weighted by Crippen LogP contribution is -2.26. The molecule has 4 N–H and O–H groups in total. The van der Waals surface area contributed by atoms with Gasteiger partial charge in [-0.15, -0.1) is 0 Å². The van der Waals surface area contributed by atoms with Gasteiger partial charge in [-0.1, -0.05) is 19.1 Å². The summed E-state index contributed by atoms with van der Waals surface area (Å²) < 4.78 is 0. The average molecular weight is 245 g/mol. The van der Waals surface area contributed by atoms with Crippen LogP contribution in [0.25, 0.3) is 0 Å². The highest BCUT2D eigenvalue weighted by molar-refractivity contribution is 5.59. The lowest BCUT2D eigenvalue weighted by atomic mass is 9.71. The zero-order valence-electron chi connectivity index (χ0n) is 10.6. The van der Waals surface area contributed by atoms with Crippen molar-refractivity contribution in [2.24, 2.45) is 5.92 Å². The zero-order valence-corrected chi connectivity index (χ0v) is 10.6. The van der Waals surface area contributed by atoms with Crippen molar-refractivity contribution in [1.82, 2.24) is 0 Å². The van der Waals surface area contributed by atoms with Crippen LogP contribution < -0.4 is 5.73 Å². The quantitative estimate of drug-likeness (QED) is 0.486. The van der Waals surface area contributed by atoms with Crippen LogP contribution in [0, 0.1) is 5.92 Å². The van der Waals surface area contributed by atoms with Gasteiger partial charge < -0.3 is 15.9 Å². The number of anilines is 1. The van der Waals surface area contributed by atoms with Crippen molar-refractivity contribution in [2.75, 3.05) is 5.73 Å². The van der Waals surface area contributed by atoms with E-state index < -0.39 is 12.2 Å². The van der Waals surface area contributed by atoms with Crippen LogP contribution in [0.1, 0.15) is 49.5 Å².